The minimum absolute atomic E-state index is 0.247. The van der Waals surface area contributed by atoms with Crippen molar-refractivity contribution < 1.29 is 9.59 Å². The Balaban J connectivity index is 1.57. The number of ketones is 1. The first-order valence-corrected chi connectivity index (χ1v) is 9.12. The van der Waals surface area contributed by atoms with Crippen molar-refractivity contribution in [3.8, 4) is 0 Å². The molecule has 2 rings (SSSR count). The van der Waals surface area contributed by atoms with Crippen LogP contribution in [0.15, 0.2) is 12.4 Å². The number of hydrogen-bond acceptors (Lipinski definition) is 4. The summed E-state index contributed by atoms with van der Waals surface area (Å²) in [6.45, 7) is 7.51. The second-order valence-corrected chi connectivity index (χ2v) is 6.91. The highest BCUT2D eigenvalue weighted by molar-refractivity contribution is 6.75. The fourth-order valence-corrected chi connectivity index (χ4v) is 3.30. The molecule has 1 radical (unpaired) electrons. The van der Waals surface area contributed by atoms with Crippen LogP contribution in [0.4, 0.5) is 0 Å². The van der Waals surface area contributed by atoms with Crippen LogP contribution in [0.5, 0.6) is 0 Å². The summed E-state index contributed by atoms with van der Waals surface area (Å²) in [5.41, 5.74) is 0.247. The lowest BCUT2D eigenvalue weighted by Gasteiger charge is -2.15. The normalized spacial score (nSPS) is 18.0. The van der Waals surface area contributed by atoms with Gasteiger partial charge in [-0.05, 0) is 58.6 Å². The highest BCUT2D eigenvalue weighted by Gasteiger charge is 2.25. The van der Waals surface area contributed by atoms with Crippen LogP contribution in [0.2, 0.25) is 5.82 Å². The van der Waals surface area contributed by atoms with Gasteiger partial charge in [0.15, 0.2) is 0 Å². The summed E-state index contributed by atoms with van der Waals surface area (Å²) in [6.07, 6.45) is 9.32. The minimum Gasteiger partial charge on any atom is -0.335 e. The molecule has 1 aromatic heterocycles. The number of carbonyl (C=O) groups is 2. The summed E-state index contributed by atoms with van der Waals surface area (Å²) in [7, 11) is 1.93. The topological polar surface area (TPSA) is 55.2 Å². The predicted octanol–water partition coefficient (Wildman–Crippen LogP) is 2.46. The molecule has 131 valence electrons. The number of nitrogens with zero attached hydrogens (tertiary/aromatic N) is 3. The second-order valence-electron chi connectivity index (χ2n) is 6.91. The van der Waals surface area contributed by atoms with Gasteiger partial charge < -0.3 is 19.1 Å². The second kappa shape index (κ2) is 9.77. The zero-order valence-corrected chi connectivity index (χ0v) is 15.0. The Bertz CT molecular complexity index is 544. The molecule has 1 aliphatic heterocycles. The van der Waals surface area contributed by atoms with Gasteiger partial charge in [0.2, 0.25) is 7.28 Å². The molecule has 1 aromatic rings. The maximum atomic E-state index is 12.1. The van der Waals surface area contributed by atoms with Crippen molar-refractivity contribution in [1.82, 2.24) is 14.5 Å². The van der Waals surface area contributed by atoms with Gasteiger partial charge in [0.05, 0.1) is 5.68 Å². The molecule has 5 nitrogen and oxygen atoms in total. The molecule has 6 heteroatoms. The molecule has 0 N–H and O–H groups in total. The summed E-state index contributed by atoms with van der Waals surface area (Å²) in [4.78, 5) is 29.7. The van der Waals surface area contributed by atoms with E-state index in [1.807, 2.05) is 25.0 Å². The molecule has 0 saturated carbocycles. The highest BCUT2D eigenvalue weighted by atomic mass is 16.1. The van der Waals surface area contributed by atoms with Crippen molar-refractivity contribution in [1.29, 1.82) is 0 Å². The zero-order chi connectivity index (χ0) is 17.4. The summed E-state index contributed by atoms with van der Waals surface area (Å²) in [6, 6.07) is 0. The molecular formula is C18H29BN3O2. The van der Waals surface area contributed by atoms with Crippen LogP contribution in [-0.2, 0) is 16.1 Å². The van der Waals surface area contributed by atoms with Crippen LogP contribution in [0.1, 0.15) is 51.3 Å². The molecule has 1 fully saturated rings. The predicted molar refractivity (Wildman–Crippen MR) is 96.3 cm³/mol. The molecule has 1 unspecified atom stereocenters. The Labute approximate surface area is 146 Å². The molecule has 0 aliphatic carbocycles. The molecule has 0 bridgehead atoms. The van der Waals surface area contributed by atoms with Crippen molar-refractivity contribution in [2.45, 2.75) is 64.7 Å². The van der Waals surface area contributed by atoms with Crippen molar-refractivity contribution in [3.05, 3.63) is 18.2 Å². The molecule has 0 amide bonds. The lowest BCUT2D eigenvalue weighted by Crippen LogP contribution is -2.24. The average molecular weight is 330 g/mol. The van der Waals surface area contributed by atoms with Gasteiger partial charge in [-0.15, -0.1) is 0 Å². The van der Waals surface area contributed by atoms with Crippen LogP contribution in [0, 0.1) is 6.92 Å². The maximum Gasteiger partial charge on any atom is 0.207 e. The summed E-state index contributed by atoms with van der Waals surface area (Å²) < 4.78 is 2.02. The fourth-order valence-electron chi connectivity index (χ4n) is 3.30. The first kappa shape index (κ1) is 18.9. The van der Waals surface area contributed by atoms with E-state index >= 15 is 0 Å². The number of Topliss-reactive ketones (excluding diaryl/α,β-unsaturated/α-hetero) is 1. The number of carbonyl (C=O) groups excluding carboxylic acids is 2. The molecule has 1 saturated heterocycles. The number of imidazole rings is 1. The largest absolute Gasteiger partial charge is 0.335 e. The SMILES string of the molecule is CC(=O)CCCCCN1CCC([B]C(=O)CCn2ccnc2C)C1. The first-order valence-electron chi connectivity index (χ1n) is 9.12. The number of hydrogen-bond donors (Lipinski definition) is 0. The summed E-state index contributed by atoms with van der Waals surface area (Å²) in [5.74, 6) is 1.65. The molecule has 0 spiro atoms. The Morgan fingerprint density at radius 3 is 2.79 bits per heavy atom. The minimum atomic E-state index is 0.247. The van der Waals surface area contributed by atoms with Crippen LogP contribution in [0.25, 0.3) is 0 Å². The third-order valence-corrected chi connectivity index (χ3v) is 4.76. The van der Waals surface area contributed by atoms with Crippen LogP contribution >= 0.6 is 0 Å². The fraction of sp³-hybridized carbons (Fsp3) is 0.722. The smallest absolute Gasteiger partial charge is 0.207 e. The molecule has 0 aromatic carbocycles. The van der Waals surface area contributed by atoms with Crippen molar-refractivity contribution in [2.75, 3.05) is 19.6 Å². The van der Waals surface area contributed by atoms with Gasteiger partial charge in [0, 0.05) is 31.8 Å². The highest BCUT2D eigenvalue weighted by Crippen LogP contribution is 2.21. The van der Waals surface area contributed by atoms with E-state index in [1.165, 1.54) is 0 Å². The molecular weight excluding hydrogens is 301 g/mol. The summed E-state index contributed by atoms with van der Waals surface area (Å²) >= 11 is 0. The van der Waals surface area contributed by atoms with Crippen LogP contribution in [-0.4, -0.2) is 52.8 Å². The molecule has 1 aliphatic rings. The Morgan fingerprint density at radius 2 is 2.08 bits per heavy atom. The Kier molecular flexibility index (Phi) is 7.70. The van der Waals surface area contributed by atoms with Crippen LogP contribution in [0.3, 0.4) is 0 Å². The first-order chi connectivity index (χ1) is 11.5. The maximum absolute atomic E-state index is 12.1. The van der Waals surface area contributed by atoms with Gasteiger partial charge in [-0.25, -0.2) is 4.98 Å². The van der Waals surface area contributed by atoms with Gasteiger partial charge in [-0.1, -0.05) is 6.42 Å². The number of unbranched alkanes of at least 4 members (excludes halogenated alkanes) is 2. The molecule has 1 atom stereocenters. The molecule has 24 heavy (non-hydrogen) atoms. The number of aromatic nitrogens is 2. The third kappa shape index (κ3) is 6.60. The number of likely N-dealkylation sites (tertiary alicyclic amines) is 1. The van der Waals surface area contributed by atoms with E-state index in [2.05, 4.69) is 9.88 Å². The summed E-state index contributed by atoms with van der Waals surface area (Å²) in [5, 5.41) is 0. The zero-order valence-electron chi connectivity index (χ0n) is 15.0. The Morgan fingerprint density at radius 1 is 1.25 bits per heavy atom. The lowest BCUT2D eigenvalue weighted by atomic mass is 9.59. The quantitative estimate of drug-likeness (QED) is 0.462. The third-order valence-electron chi connectivity index (χ3n) is 4.76. The molecule has 2 heterocycles. The lowest BCUT2D eigenvalue weighted by molar-refractivity contribution is -0.117. The van der Waals surface area contributed by atoms with Gasteiger partial charge in [0.1, 0.15) is 11.6 Å². The standard InChI is InChI=1S/C18H29BN3O2/c1-15(23)6-4-3-5-10-21-11-7-17(14-21)19-18(24)8-12-22-13-9-20-16(22)2/h9,13,17H,3-8,10-12,14H2,1-2H3. The van der Waals surface area contributed by atoms with Crippen molar-refractivity contribution in [2.24, 2.45) is 0 Å². The van der Waals surface area contributed by atoms with Gasteiger partial charge in [0.25, 0.3) is 0 Å². The van der Waals surface area contributed by atoms with E-state index in [0.29, 0.717) is 25.2 Å². The van der Waals surface area contributed by atoms with E-state index in [-0.39, 0.29) is 11.5 Å². The number of aryl methyl sites for hydroxylation is 2. The Hall–Kier alpha value is -1.43. The van der Waals surface area contributed by atoms with Gasteiger partial charge in [-0.3, -0.25) is 0 Å². The van der Waals surface area contributed by atoms with Gasteiger partial charge in [-0.2, -0.15) is 0 Å². The van der Waals surface area contributed by atoms with Crippen molar-refractivity contribution >= 4 is 18.7 Å². The van der Waals surface area contributed by atoms with Crippen LogP contribution < -0.4 is 0 Å². The van der Waals surface area contributed by atoms with E-state index in [0.717, 1.165) is 51.1 Å². The van der Waals surface area contributed by atoms with Crippen molar-refractivity contribution in [3.63, 3.8) is 0 Å². The van der Waals surface area contributed by atoms with Gasteiger partial charge >= 0.3 is 0 Å². The van der Waals surface area contributed by atoms with E-state index in [9.17, 15) is 9.59 Å². The average Bonchev–Trinajstić information content (AvgIpc) is 3.13. The monoisotopic (exact) mass is 330 g/mol. The van der Waals surface area contributed by atoms with E-state index in [1.54, 1.807) is 13.1 Å². The number of rotatable bonds is 11. The van der Waals surface area contributed by atoms with E-state index in [4.69, 9.17) is 0 Å². The van der Waals surface area contributed by atoms with E-state index < -0.39 is 0 Å².